The summed E-state index contributed by atoms with van der Waals surface area (Å²) in [5, 5.41) is 3.71. The second kappa shape index (κ2) is 6.30. The fourth-order valence-corrected chi connectivity index (χ4v) is 3.56. The molecule has 0 heterocycles. The molecule has 1 fully saturated rings. The molecule has 0 bridgehead atoms. The molecule has 0 aliphatic heterocycles. The first-order chi connectivity index (χ1) is 9.41. The topological polar surface area (TPSA) is 12.0 Å². The van der Waals surface area contributed by atoms with E-state index in [0.717, 1.165) is 12.5 Å². The van der Waals surface area contributed by atoms with Crippen LogP contribution >= 0.6 is 0 Å². The van der Waals surface area contributed by atoms with Crippen molar-refractivity contribution in [1.82, 2.24) is 5.32 Å². The SMILES string of the molecule is Cc1cc(C)cc(C2(CNC(C)C)CCC(C)CC2)c1. The molecule has 20 heavy (non-hydrogen) atoms. The van der Waals surface area contributed by atoms with Gasteiger partial charge in [-0.05, 0) is 51.0 Å². The highest BCUT2D eigenvalue weighted by atomic mass is 14.9. The fourth-order valence-electron chi connectivity index (χ4n) is 3.56. The zero-order chi connectivity index (χ0) is 14.8. The average Bonchev–Trinajstić information content (AvgIpc) is 2.37. The molecule has 1 aromatic carbocycles. The van der Waals surface area contributed by atoms with Gasteiger partial charge in [-0.25, -0.2) is 0 Å². The van der Waals surface area contributed by atoms with Gasteiger partial charge < -0.3 is 5.32 Å². The maximum atomic E-state index is 3.71. The molecule has 1 saturated carbocycles. The lowest BCUT2D eigenvalue weighted by atomic mass is 9.66. The molecule has 1 aliphatic rings. The molecule has 0 aromatic heterocycles. The predicted molar refractivity (Wildman–Crippen MR) is 88.4 cm³/mol. The third-order valence-electron chi connectivity index (χ3n) is 4.91. The van der Waals surface area contributed by atoms with Gasteiger partial charge in [0.05, 0.1) is 0 Å². The van der Waals surface area contributed by atoms with Gasteiger partial charge in [0.2, 0.25) is 0 Å². The van der Waals surface area contributed by atoms with E-state index in [9.17, 15) is 0 Å². The molecule has 2 rings (SSSR count). The minimum absolute atomic E-state index is 0.355. The van der Waals surface area contributed by atoms with Gasteiger partial charge in [0, 0.05) is 18.0 Å². The fraction of sp³-hybridized carbons (Fsp3) is 0.684. The van der Waals surface area contributed by atoms with Crippen LogP contribution in [0.4, 0.5) is 0 Å². The Morgan fingerprint density at radius 3 is 2.15 bits per heavy atom. The summed E-state index contributed by atoms with van der Waals surface area (Å²) in [6.45, 7) is 12.5. The van der Waals surface area contributed by atoms with Crippen molar-refractivity contribution in [2.24, 2.45) is 5.92 Å². The van der Waals surface area contributed by atoms with Crippen molar-refractivity contribution in [2.45, 2.75) is 71.8 Å². The molecule has 0 radical (unpaired) electrons. The molecule has 1 nitrogen and oxygen atoms in total. The molecule has 1 N–H and O–H groups in total. The monoisotopic (exact) mass is 273 g/mol. The van der Waals surface area contributed by atoms with Crippen LogP contribution in [0.1, 0.15) is 63.1 Å². The quantitative estimate of drug-likeness (QED) is 0.835. The normalized spacial score (nSPS) is 27.0. The van der Waals surface area contributed by atoms with Crippen molar-refractivity contribution in [3.8, 4) is 0 Å². The van der Waals surface area contributed by atoms with Crippen LogP contribution in [0, 0.1) is 19.8 Å². The summed E-state index contributed by atoms with van der Waals surface area (Å²) in [5.74, 6) is 0.896. The summed E-state index contributed by atoms with van der Waals surface area (Å²) >= 11 is 0. The molecule has 0 amide bonds. The highest BCUT2D eigenvalue weighted by Crippen LogP contribution is 2.41. The largest absolute Gasteiger partial charge is 0.314 e. The standard InChI is InChI=1S/C19H31N/c1-14(2)20-13-19(8-6-15(3)7-9-19)18-11-16(4)10-17(5)12-18/h10-12,14-15,20H,6-9,13H2,1-5H3. The predicted octanol–water partition coefficient (Wildman–Crippen LogP) is 4.75. The van der Waals surface area contributed by atoms with E-state index in [1.54, 1.807) is 5.56 Å². The van der Waals surface area contributed by atoms with Gasteiger partial charge in [-0.3, -0.25) is 0 Å². The van der Waals surface area contributed by atoms with Crippen LogP contribution in [-0.4, -0.2) is 12.6 Å². The molecule has 1 aromatic rings. The van der Waals surface area contributed by atoms with Crippen molar-refractivity contribution in [3.63, 3.8) is 0 Å². The number of hydrogen-bond acceptors (Lipinski definition) is 1. The van der Waals surface area contributed by atoms with Crippen molar-refractivity contribution in [3.05, 3.63) is 34.9 Å². The summed E-state index contributed by atoms with van der Waals surface area (Å²) in [4.78, 5) is 0. The lowest BCUT2D eigenvalue weighted by Gasteiger charge is -2.41. The third kappa shape index (κ3) is 3.63. The zero-order valence-corrected chi connectivity index (χ0v) is 13.9. The van der Waals surface area contributed by atoms with E-state index < -0.39 is 0 Å². The van der Waals surface area contributed by atoms with Crippen molar-refractivity contribution in [1.29, 1.82) is 0 Å². The Hall–Kier alpha value is -0.820. The third-order valence-corrected chi connectivity index (χ3v) is 4.91. The lowest BCUT2D eigenvalue weighted by Crippen LogP contribution is -2.43. The van der Waals surface area contributed by atoms with E-state index in [0.29, 0.717) is 11.5 Å². The van der Waals surface area contributed by atoms with E-state index in [-0.39, 0.29) is 0 Å². The Kier molecular flexibility index (Phi) is 4.90. The summed E-state index contributed by atoms with van der Waals surface area (Å²) in [6.07, 6.45) is 5.40. The van der Waals surface area contributed by atoms with Crippen LogP contribution in [0.5, 0.6) is 0 Å². The van der Waals surface area contributed by atoms with Gasteiger partial charge in [-0.1, -0.05) is 50.1 Å². The lowest BCUT2D eigenvalue weighted by molar-refractivity contribution is 0.229. The van der Waals surface area contributed by atoms with Crippen LogP contribution < -0.4 is 5.32 Å². The van der Waals surface area contributed by atoms with Crippen LogP contribution in [0.15, 0.2) is 18.2 Å². The minimum atomic E-state index is 0.355. The summed E-state index contributed by atoms with van der Waals surface area (Å²) < 4.78 is 0. The maximum absolute atomic E-state index is 3.71. The summed E-state index contributed by atoms with van der Waals surface area (Å²) in [7, 11) is 0. The van der Waals surface area contributed by atoms with Crippen molar-refractivity contribution < 1.29 is 0 Å². The Bertz CT molecular complexity index is 419. The molecule has 1 heteroatoms. The molecular weight excluding hydrogens is 242 g/mol. The van der Waals surface area contributed by atoms with E-state index in [1.807, 2.05) is 0 Å². The minimum Gasteiger partial charge on any atom is -0.314 e. The van der Waals surface area contributed by atoms with Crippen LogP contribution in [0.25, 0.3) is 0 Å². The van der Waals surface area contributed by atoms with Crippen molar-refractivity contribution >= 4 is 0 Å². The summed E-state index contributed by atoms with van der Waals surface area (Å²) in [5.41, 5.74) is 4.73. The second-order valence-electron chi connectivity index (χ2n) is 7.37. The number of rotatable bonds is 4. The Morgan fingerprint density at radius 2 is 1.65 bits per heavy atom. The molecule has 112 valence electrons. The number of hydrogen-bond donors (Lipinski definition) is 1. The van der Waals surface area contributed by atoms with Gasteiger partial charge in [0.1, 0.15) is 0 Å². The number of benzene rings is 1. The number of aryl methyl sites for hydroxylation is 2. The van der Waals surface area contributed by atoms with Crippen LogP contribution in [0.2, 0.25) is 0 Å². The first-order valence-electron chi connectivity index (χ1n) is 8.23. The molecule has 0 spiro atoms. The molecule has 1 aliphatic carbocycles. The van der Waals surface area contributed by atoms with E-state index >= 15 is 0 Å². The van der Waals surface area contributed by atoms with E-state index in [2.05, 4.69) is 58.1 Å². The first-order valence-corrected chi connectivity index (χ1v) is 8.23. The maximum Gasteiger partial charge on any atom is 0.00782 e. The van der Waals surface area contributed by atoms with Crippen LogP contribution in [0.3, 0.4) is 0 Å². The van der Waals surface area contributed by atoms with Gasteiger partial charge in [0.25, 0.3) is 0 Å². The smallest absolute Gasteiger partial charge is 0.00782 e. The Labute approximate surface area is 125 Å². The molecule has 0 unspecified atom stereocenters. The average molecular weight is 273 g/mol. The van der Waals surface area contributed by atoms with E-state index in [1.165, 1.54) is 36.8 Å². The first kappa shape index (κ1) is 15.6. The Morgan fingerprint density at radius 1 is 1.10 bits per heavy atom. The highest BCUT2D eigenvalue weighted by Gasteiger charge is 2.35. The van der Waals surface area contributed by atoms with Crippen molar-refractivity contribution in [2.75, 3.05) is 6.54 Å². The Balaban J connectivity index is 2.30. The number of nitrogens with one attached hydrogen (secondary N) is 1. The second-order valence-corrected chi connectivity index (χ2v) is 7.37. The van der Waals surface area contributed by atoms with Gasteiger partial charge >= 0.3 is 0 Å². The molecule has 0 saturated heterocycles. The highest BCUT2D eigenvalue weighted by molar-refractivity contribution is 5.35. The van der Waals surface area contributed by atoms with E-state index in [4.69, 9.17) is 0 Å². The molecule has 0 atom stereocenters. The zero-order valence-electron chi connectivity index (χ0n) is 13.9. The van der Waals surface area contributed by atoms with Crippen LogP contribution in [-0.2, 0) is 5.41 Å². The van der Waals surface area contributed by atoms with Gasteiger partial charge in [0.15, 0.2) is 0 Å². The summed E-state index contributed by atoms with van der Waals surface area (Å²) in [6, 6.07) is 7.70. The van der Waals surface area contributed by atoms with Gasteiger partial charge in [-0.2, -0.15) is 0 Å². The van der Waals surface area contributed by atoms with Gasteiger partial charge in [-0.15, -0.1) is 0 Å². The molecular formula is C19H31N.